The molecular weight excluding hydrogens is 232 g/mol. The van der Waals surface area contributed by atoms with Crippen molar-refractivity contribution in [3.05, 3.63) is 0 Å². The number of nitrogens with two attached hydrogens (primary N) is 2. The first-order valence-electron chi connectivity index (χ1n) is 4.27. The molecule has 0 radical (unpaired) electrons. The van der Waals surface area contributed by atoms with Gasteiger partial charge in [0.1, 0.15) is 0 Å². The lowest BCUT2D eigenvalue weighted by Crippen LogP contribution is -2.24. The molecule has 0 heterocycles. The van der Waals surface area contributed by atoms with E-state index in [0.717, 1.165) is 19.3 Å². The molecule has 0 saturated heterocycles. The molecular formula is C7H14N6S2. The summed E-state index contributed by atoms with van der Waals surface area (Å²) in [5.74, 6) is 0. The van der Waals surface area contributed by atoms with Gasteiger partial charge in [-0.05, 0) is 43.7 Å². The fourth-order valence-corrected chi connectivity index (χ4v) is 0.753. The molecule has 15 heavy (non-hydrogen) atoms. The van der Waals surface area contributed by atoms with Crippen LogP contribution in [0.4, 0.5) is 0 Å². The summed E-state index contributed by atoms with van der Waals surface area (Å²) in [6.45, 7) is 0. The number of nitrogens with one attached hydrogen (secondary N) is 2. The first-order chi connectivity index (χ1) is 7.13. The number of rotatable bonds is 6. The van der Waals surface area contributed by atoms with Crippen LogP contribution >= 0.6 is 24.4 Å². The smallest absolute Gasteiger partial charge is 0.184 e. The molecule has 0 saturated carbocycles. The maximum absolute atomic E-state index is 5.15. The van der Waals surface area contributed by atoms with E-state index in [1.165, 1.54) is 0 Å². The van der Waals surface area contributed by atoms with Gasteiger partial charge in [-0.25, -0.2) is 0 Å². The maximum atomic E-state index is 5.15. The summed E-state index contributed by atoms with van der Waals surface area (Å²) < 4.78 is 0. The first-order valence-corrected chi connectivity index (χ1v) is 5.08. The zero-order chi connectivity index (χ0) is 11.5. The van der Waals surface area contributed by atoms with Crippen LogP contribution in [0.25, 0.3) is 0 Å². The van der Waals surface area contributed by atoms with Gasteiger partial charge in [0.25, 0.3) is 0 Å². The van der Waals surface area contributed by atoms with Crippen molar-refractivity contribution in [3.8, 4) is 0 Å². The Labute approximate surface area is 99.2 Å². The van der Waals surface area contributed by atoms with Crippen LogP contribution in [0.2, 0.25) is 0 Å². The highest BCUT2D eigenvalue weighted by Crippen LogP contribution is 1.88. The van der Waals surface area contributed by atoms with Crippen LogP contribution in [0.5, 0.6) is 0 Å². The number of hydrazone groups is 2. The Balaban J connectivity index is 3.31. The van der Waals surface area contributed by atoms with E-state index in [2.05, 4.69) is 45.5 Å². The summed E-state index contributed by atoms with van der Waals surface area (Å²) >= 11 is 9.11. The fraction of sp³-hybridized carbons (Fsp3) is 0.429. The van der Waals surface area contributed by atoms with Crippen molar-refractivity contribution in [1.29, 1.82) is 0 Å². The summed E-state index contributed by atoms with van der Waals surface area (Å²) in [5.41, 5.74) is 15.2. The lowest BCUT2D eigenvalue weighted by atomic mass is 10.3. The minimum Gasteiger partial charge on any atom is -0.375 e. The summed E-state index contributed by atoms with van der Waals surface area (Å²) in [5, 5.41) is 7.87. The van der Waals surface area contributed by atoms with Crippen molar-refractivity contribution in [2.45, 2.75) is 19.3 Å². The molecule has 8 heteroatoms. The molecule has 0 fully saturated rings. The van der Waals surface area contributed by atoms with Crippen LogP contribution in [0.15, 0.2) is 10.2 Å². The Hall–Kier alpha value is -1.28. The highest BCUT2D eigenvalue weighted by molar-refractivity contribution is 7.80. The van der Waals surface area contributed by atoms with Crippen molar-refractivity contribution in [3.63, 3.8) is 0 Å². The number of thiocarbonyl (C=S) groups is 2. The van der Waals surface area contributed by atoms with Crippen molar-refractivity contribution in [2.75, 3.05) is 0 Å². The van der Waals surface area contributed by atoms with Gasteiger partial charge >= 0.3 is 0 Å². The van der Waals surface area contributed by atoms with Crippen LogP contribution < -0.4 is 22.3 Å². The third kappa shape index (κ3) is 12.7. The molecule has 0 aliphatic heterocycles. The van der Waals surface area contributed by atoms with Gasteiger partial charge in [-0.1, -0.05) is 0 Å². The van der Waals surface area contributed by atoms with Gasteiger partial charge in [0.2, 0.25) is 0 Å². The zero-order valence-electron chi connectivity index (χ0n) is 8.14. The summed E-state index contributed by atoms with van der Waals surface area (Å²) in [6.07, 6.45) is 5.95. The van der Waals surface area contributed by atoms with Crippen LogP contribution in [0, 0.1) is 0 Å². The molecule has 6 N–H and O–H groups in total. The predicted molar refractivity (Wildman–Crippen MR) is 70.7 cm³/mol. The molecule has 0 spiro atoms. The third-order valence-electron chi connectivity index (χ3n) is 1.20. The van der Waals surface area contributed by atoms with Gasteiger partial charge in [0.05, 0.1) is 0 Å². The van der Waals surface area contributed by atoms with Gasteiger partial charge in [-0.2, -0.15) is 10.2 Å². The second kappa shape index (κ2) is 9.28. The highest BCUT2D eigenvalue weighted by Gasteiger charge is 1.83. The van der Waals surface area contributed by atoms with E-state index >= 15 is 0 Å². The Bertz CT molecular complexity index is 236. The van der Waals surface area contributed by atoms with Crippen molar-refractivity contribution < 1.29 is 0 Å². The Morgan fingerprint density at radius 1 is 1.00 bits per heavy atom. The maximum Gasteiger partial charge on any atom is 0.184 e. The van der Waals surface area contributed by atoms with Crippen molar-refractivity contribution in [1.82, 2.24) is 10.9 Å². The predicted octanol–water partition coefficient (Wildman–Crippen LogP) is -0.205. The summed E-state index contributed by atoms with van der Waals surface area (Å²) in [4.78, 5) is 0. The van der Waals surface area contributed by atoms with E-state index in [1.807, 2.05) is 0 Å². The minimum atomic E-state index is 0.161. The van der Waals surface area contributed by atoms with Crippen LogP contribution in [-0.2, 0) is 0 Å². The van der Waals surface area contributed by atoms with Gasteiger partial charge in [-0.15, -0.1) is 0 Å². The lowest BCUT2D eigenvalue weighted by Gasteiger charge is -1.94. The number of hydrogen-bond donors (Lipinski definition) is 4. The molecule has 6 nitrogen and oxygen atoms in total. The zero-order valence-corrected chi connectivity index (χ0v) is 9.77. The first kappa shape index (κ1) is 13.7. The largest absolute Gasteiger partial charge is 0.375 e. The van der Waals surface area contributed by atoms with E-state index in [-0.39, 0.29) is 10.2 Å². The SMILES string of the molecule is NC(=S)N/N=C\CCC/C=N\NC(N)=S. The second-order valence-corrected chi connectivity index (χ2v) is 3.39. The quantitative estimate of drug-likeness (QED) is 0.224. The molecule has 84 valence electrons. The van der Waals surface area contributed by atoms with Gasteiger partial charge < -0.3 is 11.5 Å². The second-order valence-electron chi connectivity index (χ2n) is 2.51. The van der Waals surface area contributed by atoms with E-state index in [1.54, 1.807) is 12.4 Å². The number of nitrogens with zero attached hydrogens (tertiary/aromatic N) is 2. The van der Waals surface area contributed by atoms with E-state index in [4.69, 9.17) is 11.5 Å². The summed E-state index contributed by atoms with van der Waals surface area (Å²) in [6, 6.07) is 0. The van der Waals surface area contributed by atoms with E-state index < -0.39 is 0 Å². The average molecular weight is 246 g/mol. The molecule has 0 aromatic carbocycles. The standard InChI is InChI=1S/C7H14N6S2/c8-6(14)12-10-4-2-1-3-5-11-13-7(9)15/h4-5H,1-3H2,(H3,8,12,14)(H3,9,13,15)/b10-4-,11-5-. The van der Waals surface area contributed by atoms with Gasteiger partial charge in [0, 0.05) is 12.4 Å². The minimum absolute atomic E-state index is 0.161. The van der Waals surface area contributed by atoms with Crippen molar-refractivity contribution in [2.24, 2.45) is 21.7 Å². The average Bonchev–Trinajstić information content (AvgIpc) is 2.14. The molecule has 0 aromatic heterocycles. The van der Waals surface area contributed by atoms with Gasteiger partial charge in [0.15, 0.2) is 10.2 Å². The Morgan fingerprint density at radius 2 is 1.40 bits per heavy atom. The molecule has 0 aliphatic rings. The van der Waals surface area contributed by atoms with Gasteiger partial charge in [-0.3, -0.25) is 10.9 Å². The number of hydrogen-bond acceptors (Lipinski definition) is 4. The summed E-state index contributed by atoms with van der Waals surface area (Å²) in [7, 11) is 0. The highest BCUT2D eigenvalue weighted by atomic mass is 32.1. The molecule has 0 unspecified atom stereocenters. The molecule has 0 amide bonds. The topological polar surface area (TPSA) is 101 Å². The monoisotopic (exact) mass is 246 g/mol. The molecule has 0 bridgehead atoms. The molecule has 0 rings (SSSR count). The lowest BCUT2D eigenvalue weighted by molar-refractivity contribution is 0.914. The van der Waals surface area contributed by atoms with Crippen LogP contribution in [-0.4, -0.2) is 22.7 Å². The van der Waals surface area contributed by atoms with Crippen LogP contribution in [0.3, 0.4) is 0 Å². The molecule has 0 atom stereocenters. The fourth-order valence-electron chi connectivity index (χ4n) is 0.648. The van der Waals surface area contributed by atoms with E-state index in [9.17, 15) is 0 Å². The van der Waals surface area contributed by atoms with Crippen LogP contribution in [0.1, 0.15) is 19.3 Å². The third-order valence-corrected chi connectivity index (χ3v) is 1.38. The Morgan fingerprint density at radius 3 is 1.73 bits per heavy atom. The normalized spacial score (nSPS) is 10.7. The van der Waals surface area contributed by atoms with E-state index in [0.29, 0.717) is 0 Å². The Kier molecular flexibility index (Phi) is 8.49. The van der Waals surface area contributed by atoms with Crippen molar-refractivity contribution >= 4 is 47.1 Å². The molecule has 0 aliphatic carbocycles. The molecule has 0 aromatic rings. The number of unbranched alkanes of at least 4 members (excludes halogenated alkanes) is 2.